The highest BCUT2D eigenvalue weighted by atomic mass is 79.9. The van der Waals surface area contributed by atoms with E-state index in [2.05, 4.69) is 26.6 Å². The van der Waals surface area contributed by atoms with Crippen LogP contribution in [-0.2, 0) is 0 Å². The number of carbonyl (C=O) groups is 1. The summed E-state index contributed by atoms with van der Waals surface area (Å²) in [5.74, 6) is 0.196. The van der Waals surface area contributed by atoms with Crippen molar-refractivity contribution in [2.75, 3.05) is 6.54 Å². The summed E-state index contributed by atoms with van der Waals surface area (Å²) in [5.41, 5.74) is 0.720. The number of carbonyl (C=O) groups excluding carboxylic acids is 1. The molecule has 1 heterocycles. The van der Waals surface area contributed by atoms with E-state index in [4.69, 9.17) is 0 Å². The van der Waals surface area contributed by atoms with Gasteiger partial charge in [-0.3, -0.25) is 0 Å². The summed E-state index contributed by atoms with van der Waals surface area (Å²) in [5, 5.41) is 14.9. The largest absolute Gasteiger partial charge is 0.508 e. The van der Waals surface area contributed by atoms with Crippen molar-refractivity contribution in [2.24, 2.45) is 0 Å². The van der Waals surface area contributed by atoms with Gasteiger partial charge in [-0.1, -0.05) is 15.9 Å². The van der Waals surface area contributed by atoms with Gasteiger partial charge in [0.1, 0.15) is 5.75 Å². The maximum atomic E-state index is 10.9. The lowest BCUT2D eigenvalue weighted by atomic mass is 10.1. The van der Waals surface area contributed by atoms with Crippen LogP contribution in [0.3, 0.4) is 0 Å². The SMILES string of the molecule is O=C1NC[C@H](c2cc(Br)ccc2O)N1. The molecule has 0 spiro atoms. The molecule has 14 heavy (non-hydrogen) atoms. The number of halogens is 1. The summed E-state index contributed by atoms with van der Waals surface area (Å²) < 4.78 is 0.881. The second-order valence-corrected chi connectivity index (χ2v) is 4.03. The quantitative estimate of drug-likeness (QED) is 0.714. The van der Waals surface area contributed by atoms with Gasteiger partial charge in [0.25, 0.3) is 0 Å². The number of rotatable bonds is 1. The summed E-state index contributed by atoms with van der Waals surface area (Å²) in [7, 11) is 0. The van der Waals surface area contributed by atoms with Gasteiger partial charge >= 0.3 is 6.03 Å². The van der Waals surface area contributed by atoms with Crippen molar-refractivity contribution in [2.45, 2.75) is 6.04 Å². The predicted octanol–water partition coefficient (Wildman–Crippen LogP) is 1.51. The normalized spacial score (nSPS) is 20.4. The Hall–Kier alpha value is -1.23. The minimum atomic E-state index is -0.200. The van der Waals surface area contributed by atoms with Gasteiger partial charge in [-0.05, 0) is 18.2 Å². The third-order valence-corrected chi connectivity index (χ3v) is 2.63. The van der Waals surface area contributed by atoms with Crippen molar-refractivity contribution in [3.63, 3.8) is 0 Å². The monoisotopic (exact) mass is 256 g/mol. The van der Waals surface area contributed by atoms with Crippen LogP contribution in [0.2, 0.25) is 0 Å². The molecule has 2 rings (SSSR count). The minimum Gasteiger partial charge on any atom is -0.508 e. The van der Waals surface area contributed by atoms with Crippen LogP contribution in [0.25, 0.3) is 0 Å². The highest BCUT2D eigenvalue weighted by Crippen LogP contribution is 2.28. The van der Waals surface area contributed by atoms with E-state index in [1.165, 1.54) is 0 Å². The van der Waals surface area contributed by atoms with Crippen molar-refractivity contribution < 1.29 is 9.90 Å². The first-order valence-electron chi connectivity index (χ1n) is 4.19. The molecule has 4 nitrogen and oxygen atoms in total. The number of phenols is 1. The molecular weight excluding hydrogens is 248 g/mol. The van der Waals surface area contributed by atoms with E-state index in [0.29, 0.717) is 6.54 Å². The van der Waals surface area contributed by atoms with Gasteiger partial charge in [0.05, 0.1) is 6.04 Å². The number of hydrogen-bond donors (Lipinski definition) is 3. The van der Waals surface area contributed by atoms with Crippen molar-refractivity contribution in [1.29, 1.82) is 0 Å². The number of amides is 2. The summed E-state index contributed by atoms with van der Waals surface area (Å²) in [6.45, 7) is 0.503. The number of aromatic hydroxyl groups is 1. The maximum Gasteiger partial charge on any atom is 0.315 e. The smallest absolute Gasteiger partial charge is 0.315 e. The zero-order valence-electron chi connectivity index (χ0n) is 7.25. The fourth-order valence-electron chi connectivity index (χ4n) is 1.45. The van der Waals surface area contributed by atoms with Crippen molar-refractivity contribution in [3.8, 4) is 5.75 Å². The fourth-order valence-corrected chi connectivity index (χ4v) is 1.83. The summed E-state index contributed by atoms with van der Waals surface area (Å²) in [4.78, 5) is 10.9. The zero-order chi connectivity index (χ0) is 10.1. The molecule has 1 aliphatic rings. The second-order valence-electron chi connectivity index (χ2n) is 3.11. The minimum absolute atomic E-state index is 0.153. The molecule has 2 amide bonds. The van der Waals surface area contributed by atoms with Gasteiger partial charge in [0.15, 0.2) is 0 Å². The third-order valence-electron chi connectivity index (χ3n) is 2.14. The number of urea groups is 1. The van der Waals surface area contributed by atoms with Gasteiger partial charge in [-0.15, -0.1) is 0 Å². The van der Waals surface area contributed by atoms with Gasteiger partial charge in [0, 0.05) is 16.6 Å². The molecule has 1 fully saturated rings. The maximum absolute atomic E-state index is 10.9. The van der Waals surface area contributed by atoms with E-state index in [9.17, 15) is 9.90 Å². The van der Waals surface area contributed by atoms with E-state index in [-0.39, 0.29) is 17.8 Å². The Bertz CT molecular complexity index is 381. The molecule has 1 aromatic rings. The molecule has 1 aromatic carbocycles. The van der Waals surface area contributed by atoms with Crippen LogP contribution in [0.4, 0.5) is 4.79 Å². The van der Waals surface area contributed by atoms with Crippen LogP contribution in [0.5, 0.6) is 5.75 Å². The van der Waals surface area contributed by atoms with E-state index >= 15 is 0 Å². The highest BCUT2D eigenvalue weighted by molar-refractivity contribution is 9.10. The first kappa shape index (κ1) is 9.33. The van der Waals surface area contributed by atoms with Gasteiger partial charge < -0.3 is 15.7 Å². The lowest BCUT2D eigenvalue weighted by Gasteiger charge is -2.11. The molecule has 1 aliphatic heterocycles. The van der Waals surface area contributed by atoms with Crippen LogP contribution in [-0.4, -0.2) is 17.7 Å². The molecule has 74 valence electrons. The Morgan fingerprint density at radius 3 is 2.93 bits per heavy atom. The number of phenolic OH excluding ortho intramolecular Hbond substituents is 1. The zero-order valence-corrected chi connectivity index (χ0v) is 8.84. The molecule has 0 unspecified atom stereocenters. The van der Waals surface area contributed by atoms with Crippen LogP contribution in [0.1, 0.15) is 11.6 Å². The molecule has 0 aliphatic carbocycles. The lowest BCUT2D eigenvalue weighted by molar-refractivity contribution is 0.247. The second kappa shape index (κ2) is 3.49. The van der Waals surface area contributed by atoms with Crippen LogP contribution in [0, 0.1) is 0 Å². The van der Waals surface area contributed by atoms with Crippen molar-refractivity contribution >= 4 is 22.0 Å². The highest BCUT2D eigenvalue weighted by Gasteiger charge is 2.23. The molecule has 0 aromatic heterocycles. The first-order chi connectivity index (χ1) is 6.66. The van der Waals surface area contributed by atoms with Crippen molar-refractivity contribution in [3.05, 3.63) is 28.2 Å². The molecule has 0 bridgehead atoms. The Kier molecular flexibility index (Phi) is 2.33. The molecule has 0 radical (unpaired) electrons. The molecule has 1 saturated heterocycles. The van der Waals surface area contributed by atoms with Gasteiger partial charge in [-0.25, -0.2) is 4.79 Å². The van der Waals surface area contributed by atoms with Crippen LogP contribution in [0.15, 0.2) is 22.7 Å². The molecule has 5 heteroatoms. The Morgan fingerprint density at radius 1 is 1.50 bits per heavy atom. The summed E-state index contributed by atoms with van der Waals surface area (Å²) in [6, 6.07) is 4.80. The van der Waals surface area contributed by atoms with E-state index < -0.39 is 0 Å². The Balaban J connectivity index is 2.31. The summed E-state index contributed by atoms with van der Waals surface area (Å²) in [6.07, 6.45) is 0. The Labute approximate surface area is 89.4 Å². The average molecular weight is 257 g/mol. The summed E-state index contributed by atoms with van der Waals surface area (Å²) >= 11 is 3.31. The molecular formula is C9H9BrN2O2. The molecule has 0 saturated carbocycles. The van der Waals surface area contributed by atoms with Crippen LogP contribution < -0.4 is 10.6 Å². The third kappa shape index (κ3) is 1.68. The molecule has 1 atom stereocenters. The molecule has 3 N–H and O–H groups in total. The van der Waals surface area contributed by atoms with E-state index in [0.717, 1.165) is 10.0 Å². The van der Waals surface area contributed by atoms with Gasteiger partial charge in [-0.2, -0.15) is 0 Å². The number of hydrogen-bond acceptors (Lipinski definition) is 2. The van der Waals surface area contributed by atoms with Crippen molar-refractivity contribution in [1.82, 2.24) is 10.6 Å². The number of benzene rings is 1. The van der Waals surface area contributed by atoms with E-state index in [1.54, 1.807) is 18.2 Å². The Morgan fingerprint density at radius 2 is 2.29 bits per heavy atom. The lowest BCUT2D eigenvalue weighted by Crippen LogP contribution is -2.21. The van der Waals surface area contributed by atoms with Gasteiger partial charge in [0.2, 0.25) is 0 Å². The van der Waals surface area contributed by atoms with E-state index in [1.807, 2.05) is 0 Å². The fraction of sp³-hybridized carbons (Fsp3) is 0.222. The number of nitrogens with one attached hydrogen (secondary N) is 2. The van der Waals surface area contributed by atoms with Crippen LogP contribution >= 0.6 is 15.9 Å². The average Bonchev–Trinajstić information content (AvgIpc) is 2.56. The first-order valence-corrected chi connectivity index (χ1v) is 4.99. The topological polar surface area (TPSA) is 61.4 Å². The predicted molar refractivity (Wildman–Crippen MR) is 55.1 cm³/mol. The standard InChI is InChI=1S/C9H9BrN2O2/c10-5-1-2-8(13)6(3-5)7-4-11-9(14)12-7/h1-3,7,13H,4H2,(H2,11,12,14)/t7-/m1/s1.